The molecular weight excluding hydrogens is 230 g/mol. The van der Waals surface area contributed by atoms with Gasteiger partial charge in [-0.25, -0.2) is 0 Å². The van der Waals surface area contributed by atoms with Crippen LogP contribution in [0.15, 0.2) is 0 Å². The van der Waals surface area contributed by atoms with Crippen molar-refractivity contribution in [3.8, 4) is 0 Å². The van der Waals surface area contributed by atoms with Crippen molar-refractivity contribution in [2.45, 2.75) is 76.0 Å². The van der Waals surface area contributed by atoms with Crippen LogP contribution < -0.4 is 5.32 Å². The van der Waals surface area contributed by atoms with Gasteiger partial charge in [0, 0.05) is 22.6 Å². The molecule has 102 valence electrons. The van der Waals surface area contributed by atoms with Crippen molar-refractivity contribution in [3.05, 3.63) is 0 Å². The van der Waals surface area contributed by atoms with Gasteiger partial charge in [0.05, 0.1) is 5.25 Å². The van der Waals surface area contributed by atoms with E-state index in [1.807, 2.05) is 7.05 Å². The van der Waals surface area contributed by atoms with E-state index in [0.717, 1.165) is 18.6 Å². The van der Waals surface area contributed by atoms with E-state index >= 15 is 0 Å². The quantitative estimate of drug-likeness (QED) is 0.742. The van der Waals surface area contributed by atoms with Gasteiger partial charge >= 0.3 is 0 Å². The fourth-order valence-electron chi connectivity index (χ4n) is 2.74. The molecule has 1 N–H and O–H groups in total. The topological polar surface area (TPSA) is 29.1 Å². The van der Waals surface area contributed by atoms with E-state index in [1.165, 1.54) is 44.9 Å². The second-order valence-corrected chi connectivity index (χ2v) is 6.99. The van der Waals surface area contributed by atoms with Crippen molar-refractivity contribution in [2.75, 3.05) is 12.8 Å². The molecule has 0 heterocycles. The monoisotopic (exact) mass is 259 g/mol. The number of unbranched alkanes of at least 4 members (excludes halogenated alkanes) is 2. The summed E-state index contributed by atoms with van der Waals surface area (Å²) >= 11 is 0. The van der Waals surface area contributed by atoms with Gasteiger partial charge in [-0.2, -0.15) is 0 Å². The Bertz CT molecular complexity index is 220. The van der Waals surface area contributed by atoms with Crippen LogP contribution in [0.25, 0.3) is 0 Å². The molecule has 0 saturated heterocycles. The zero-order valence-corrected chi connectivity index (χ0v) is 12.4. The van der Waals surface area contributed by atoms with E-state index in [2.05, 4.69) is 12.2 Å². The Labute approximate surface area is 109 Å². The van der Waals surface area contributed by atoms with Gasteiger partial charge in [0.25, 0.3) is 0 Å². The van der Waals surface area contributed by atoms with E-state index in [4.69, 9.17) is 0 Å². The lowest BCUT2D eigenvalue weighted by Gasteiger charge is -2.28. The van der Waals surface area contributed by atoms with Crippen molar-refractivity contribution in [3.63, 3.8) is 0 Å². The van der Waals surface area contributed by atoms with Crippen LogP contribution in [0.3, 0.4) is 0 Å². The van der Waals surface area contributed by atoms with Crippen LogP contribution in [-0.4, -0.2) is 28.3 Å². The molecule has 1 rings (SSSR count). The molecule has 1 saturated carbocycles. The summed E-state index contributed by atoms with van der Waals surface area (Å²) in [5, 5.41) is 3.80. The molecule has 1 aliphatic rings. The molecule has 3 atom stereocenters. The molecule has 3 heteroatoms. The SMILES string of the molecule is CCCCCS(=O)C1CCCCCCC1NC. The van der Waals surface area contributed by atoms with Gasteiger partial charge in [0.2, 0.25) is 0 Å². The average molecular weight is 259 g/mol. The largest absolute Gasteiger partial charge is 0.316 e. The minimum atomic E-state index is -0.619. The molecule has 0 aromatic heterocycles. The Kier molecular flexibility index (Phi) is 8.12. The molecule has 2 nitrogen and oxygen atoms in total. The van der Waals surface area contributed by atoms with Gasteiger partial charge < -0.3 is 5.32 Å². The highest BCUT2D eigenvalue weighted by Crippen LogP contribution is 2.22. The molecule has 0 spiro atoms. The molecule has 0 aliphatic heterocycles. The second-order valence-electron chi connectivity index (χ2n) is 5.22. The maximum atomic E-state index is 12.4. The number of hydrogen-bond acceptors (Lipinski definition) is 2. The summed E-state index contributed by atoms with van der Waals surface area (Å²) < 4.78 is 12.4. The van der Waals surface area contributed by atoms with E-state index in [9.17, 15) is 4.21 Å². The van der Waals surface area contributed by atoms with E-state index in [1.54, 1.807) is 0 Å². The standard InChI is InChI=1S/C14H29NOS/c1-3-4-9-12-17(16)14-11-8-6-5-7-10-13(14)15-2/h13-15H,3-12H2,1-2H3. The van der Waals surface area contributed by atoms with Crippen LogP contribution in [0.5, 0.6) is 0 Å². The van der Waals surface area contributed by atoms with Gasteiger partial charge in [-0.15, -0.1) is 0 Å². The molecule has 3 unspecified atom stereocenters. The van der Waals surface area contributed by atoms with Crippen molar-refractivity contribution >= 4 is 10.8 Å². The molecule has 1 aliphatic carbocycles. The Hall–Kier alpha value is 0.110. The van der Waals surface area contributed by atoms with Crippen LogP contribution in [0.4, 0.5) is 0 Å². The normalized spacial score (nSPS) is 28.4. The molecule has 0 aromatic carbocycles. The van der Waals surface area contributed by atoms with Crippen LogP contribution in [0.2, 0.25) is 0 Å². The van der Waals surface area contributed by atoms with Crippen LogP contribution in [0, 0.1) is 0 Å². The fraction of sp³-hybridized carbons (Fsp3) is 1.00. The van der Waals surface area contributed by atoms with Crippen LogP contribution in [0.1, 0.15) is 64.7 Å². The third kappa shape index (κ3) is 5.52. The van der Waals surface area contributed by atoms with Crippen LogP contribution >= 0.6 is 0 Å². The van der Waals surface area contributed by atoms with E-state index in [0.29, 0.717) is 11.3 Å². The van der Waals surface area contributed by atoms with E-state index < -0.39 is 10.8 Å². The van der Waals surface area contributed by atoms with Gasteiger partial charge in [0.15, 0.2) is 0 Å². The summed E-state index contributed by atoms with van der Waals surface area (Å²) in [5.41, 5.74) is 0. The summed E-state index contributed by atoms with van der Waals surface area (Å²) in [6, 6.07) is 0.484. The minimum absolute atomic E-state index is 0.400. The Morgan fingerprint density at radius 2 is 1.82 bits per heavy atom. The number of rotatable bonds is 6. The van der Waals surface area contributed by atoms with Gasteiger partial charge in [0.1, 0.15) is 0 Å². The predicted molar refractivity (Wildman–Crippen MR) is 76.9 cm³/mol. The maximum Gasteiger partial charge on any atom is 0.0501 e. The highest BCUT2D eigenvalue weighted by Gasteiger charge is 2.26. The summed E-state index contributed by atoms with van der Waals surface area (Å²) in [6.07, 6.45) is 11.2. The lowest BCUT2D eigenvalue weighted by atomic mass is 9.96. The second kappa shape index (κ2) is 9.09. The summed E-state index contributed by atoms with van der Waals surface area (Å²) in [7, 11) is 1.41. The lowest BCUT2D eigenvalue weighted by Crippen LogP contribution is -2.41. The molecule has 17 heavy (non-hydrogen) atoms. The minimum Gasteiger partial charge on any atom is -0.316 e. The van der Waals surface area contributed by atoms with Gasteiger partial charge in [-0.3, -0.25) is 4.21 Å². The first-order chi connectivity index (χ1) is 8.29. The first-order valence-electron chi connectivity index (χ1n) is 7.34. The smallest absolute Gasteiger partial charge is 0.0501 e. The zero-order chi connectivity index (χ0) is 12.5. The number of hydrogen-bond donors (Lipinski definition) is 1. The molecule has 0 amide bonds. The molecule has 0 aromatic rings. The van der Waals surface area contributed by atoms with Crippen molar-refractivity contribution in [1.82, 2.24) is 5.32 Å². The van der Waals surface area contributed by atoms with Gasteiger partial charge in [-0.1, -0.05) is 45.4 Å². The molecule has 1 fully saturated rings. The van der Waals surface area contributed by atoms with Gasteiger partial charge in [-0.05, 0) is 26.3 Å². The maximum absolute atomic E-state index is 12.4. The summed E-state index contributed by atoms with van der Waals surface area (Å²) in [6.45, 7) is 2.20. The first kappa shape index (κ1) is 15.2. The highest BCUT2D eigenvalue weighted by molar-refractivity contribution is 7.85. The summed E-state index contributed by atoms with van der Waals surface area (Å²) in [5.74, 6) is 0.913. The average Bonchev–Trinajstić information content (AvgIpc) is 2.29. The molecule has 0 bridgehead atoms. The third-order valence-corrected chi connectivity index (χ3v) is 5.79. The Morgan fingerprint density at radius 3 is 2.47 bits per heavy atom. The Morgan fingerprint density at radius 1 is 1.12 bits per heavy atom. The lowest BCUT2D eigenvalue weighted by molar-refractivity contribution is 0.414. The third-order valence-electron chi connectivity index (χ3n) is 3.86. The first-order valence-corrected chi connectivity index (χ1v) is 8.72. The fourth-order valence-corrected chi connectivity index (χ4v) is 4.60. The van der Waals surface area contributed by atoms with Crippen molar-refractivity contribution in [1.29, 1.82) is 0 Å². The van der Waals surface area contributed by atoms with Crippen molar-refractivity contribution in [2.24, 2.45) is 0 Å². The predicted octanol–water partition coefficient (Wildman–Crippen LogP) is 3.24. The zero-order valence-electron chi connectivity index (χ0n) is 11.5. The number of nitrogens with one attached hydrogen (secondary N) is 1. The molecular formula is C14H29NOS. The Balaban J connectivity index is 2.45. The summed E-state index contributed by atoms with van der Waals surface area (Å²) in [4.78, 5) is 0. The van der Waals surface area contributed by atoms with E-state index in [-0.39, 0.29) is 0 Å². The molecule has 0 radical (unpaired) electrons. The highest BCUT2D eigenvalue weighted by atomic mass is 32.2. The van der Waals surface area contributed by atoms with Crippen molar-refractivity contribution < 1.29 is 4.21 Å². The van der Waals surface area contributed by atoms with Crippen LogP contribution in [-0.2, 0) is 10.8 Å².